The number of para-hydroxylation sites is 1. The molecule has 0 bridgehead atoms. The number of thiophene rings is 1. The first kappa shape index (κ1) is 31.9. The quantitative estimate of drug-likeness (QED) is 0.0989. The third kappa shape index (κ3) is 5.21. The first-order valence-corrected chi connectivity index (χ1v) is 17.5. The minimum atomic E-state index is -0.393. The van der Waals surface area contributed by atoms with Crippen molar-refractivity contribution in [2.45, 2.75) is 84.5 Å². The van der Waals surface area contributed by atoms with E-state index >= 15 is 0 Å². The molecule has 238 valence electrons. The largest absolute Gasteiger partial charge is 0.506 e. The van der Waals surface area contributed by atoms with Crippen LogP contribution in [0.5, 0.6) is 0 Å². The van der Waals surface area contributed by atoms with Gasteiger partial charge in [-0.2, -0.15) is 4.58 Å². The van der Waals surface area contributed by atoms with Crippen LogP contribution in [-0.2, 0) is 15.6 Å². The topological polar surface area (TPSA) is 60.6 Å². The number of Topliss-reactive ketones (excluding diaryl/α,β-unsaturated/α-hetero) is 1. The van der Waals surface area contributed by atoms with Crippen LogP contribution >= 0.6 is 11.3 Å². The Morgan fingerprint density at radius 1 is 0.891 bits per heavy atom. The fourth-order valence-electron chi connectivity index (χ4n) is 7.35. The Morgan fingerprint density at radius 3 is 2.37 bits per heavy atom. The average Bonchev–Trinajstić information content (AvgIpc) is 3.67. The van der Waals surface area contributed by atoms with Crippen LogP contribution in [0.4, 0.5) is 11.4 Å². The number of carbonyl (C=O) groups is 2. The van der Waals surface area contributed by atoms with Crippen molar-refractivity contribution in [1.82, 2.24) is 0 Å². The van der Waals surface area contributed by atoms with Gasteiger partial charge in [0.2, 0.25) is 11.5 Å². The molecule has 6 heteroatoms. The van der Waals surface area contributed by atoms with Crippen molar-refractivity contribution in [3.8, 4) is 10.4 Å². The van der Waals surface area contributed by atoms with E-state index in [1.165, 1.54) is 41.0 Å². The Kier molecular flexibility index (Phi) is 8.53. The van der Waals surface area contributed by atoms with Gasteiger partial charge < -0.3 is 10.0 Å². The highest BCUT2D eigenvalue weighted by atomic mass is 32.1. The van der Waals surface area contributed by atoms with E-state index in [0.29, 0.717) is 16.0 Å². The van der Waals surface area contributed by atoms with E-state index < -0.39 is 5.41 Å². The van der Waals surface area contributed by atoms with Crippen LogP contribution in [0.25, 0.3) is 10.4 Å². The second-order valence-corrected chi connectivity index (χ2v) is 14.9. The van der Waals surface area contributed by atoms with Gasteiger partial charge in [0.05, 0.1) is 21.4 Å². The zero-order valence-corrected chi connectivity index (χ0v) is 28.8. The number of hydrogen-bond acceptors (Lipinski definition) is 5. The highest BCUT2D eigenvalue weighted by Crippen LogP contribution is 2.51. The van der Waals surface area contributed by atoms with Crippen LogP contribution in [0.3, 0.4) is 0 Å². The number of ketones is 1. The molecule has 0 fully saturated rings. The van der Waals surface area contributed by atoms with Gasteiger partial charge in [0.1, 0.15) is 12.3 Å². The number of hydrogen-bond donors (Lipinski definition) is 1. The van der Waals surface area contributed by atoms with Crippen molar-refractivity contribution in [2.75, 3.05) is 18.0 Å². The lowest BCUT2D eigenvalue weighted by Crippen LogP contribution is -2.32. The monoisotopic (exact) mass is 633 g/mol. The molecule has 5 nitrogen and oxygen atoms in total. The lowest BCUT2D eigenvalue weighted by atomic mass is 9.77. The number of benzene rings is 2. The third-order valence-electron chi connectivity index (χ3n) is 9.96. The molecule has 0 saturated heterocycles. The van der Waals surface area contributed by atoms with Crippen molar-refractivity contribution < 1.29 is 19.3 Å². The summed E-state index contributed by atoms with van der Waals surface area (Å²) in [5.74, 6) is -0.0365. The summed E-state index contributed by atoms with van der Waals surface area (Å²) < 4.78 is 2.30. The maximum Gasteiger partial charge on any atom is 0.209 e. The molecule has 0 atom stereocenters. The molecule has 0 radical (unpaired) electrons. The van der Waals surface area contributed by atoms with E-state index in [4.69, 9.17) is 0 Å². The van der Waals surface area contributed by atoms with Crippen LogP contribution in [0, 0.1) is 0 Å². The van der Waals surface area contributed by atoms with Gasteiger partial charge >= 0.3 is 0 Å². The van der Waals surface area contributed by atoms with Crippen molar-refractivity contribution >= 4 is 40.5 Å². The highest BCUT2D eigenvalue weighted by molar-refractivity contribution is 7.17. The van der Waals surface area contributed by atoms with Gasteiger partial charge in [-0.25, -0.2) is 0 Å². The molecule has 0 unspecified atom stereocenters. The number of unbranched alkanes of at least 4 members (excludes halogenated alkanes) is 3. The molecule has 3 heterocycles. The SMILES string of the molecule is CCCCCCN1C(=CC2=C(O)C(=CC3=[N+](CCC)c4ccccc4C3(C)C)C2=O)C(C)(C)c2cc(-c3ccc(C=O)s3)ccc21. The van der Waals surface area contributed by atoms with E-state index in [1.54, 1.807) is 0 Å². The average molecular weight is 634 g/mol. The summed E-state index contributed by atoms with van der Waals surface area (Å²) in [6, 6.07) is 18.8. The molecule has 0 spiro atoms. The number of fused-ring (bicyclic) bond motifs is 2. The number of anilines is 1. The van der Waals surface area contributed by atoms with Gasteiger partial charge in [0.25, 0.3) is 0 Å². The minimum Gasteiger partial charge on any atom is -0.506 e. The van der Waals surface area contributed by atoms with E-state index in [2.05, 4.69) is 93.5 Å². The summed E-state index contributed by atoms with van der Waals surface area (Å²) in [5, 5.41) is 11.5. The van der Waals surface area contributed by atoms with Gasteiger partial charge in [-0.15, -0.1) is 11.3 Å². The Hall–Kier alpha value is -4.03. The predicted octanol–water partition coefficient (Wildman–Crippen LogP) is 9.60. The molecular formula is C40H45N2O3S+. The fraction of sp³-hybridized carbons (Fsp3) is 0.375. The number of rotatable bonds is 11. The van der Waals surface area contributed by atoms with Crippen LogP contribution in [0.2, 0.25) is 0 Å². The van der Waals surface area contributed by atoms with E-state index in [9.17, 15) is 14.7 Å². The van der Waals surface area contributed by atoms with Gasteiger partial charge in [-0.05, 0) is 61.7 Å². The van der Waals surface area contributed by atoms with E-state index in [1.807, 2.05) is 24.3 Å². The van der Waals surface area contributed by atoms with Gasteiger partial charge in [0, 0.05) is 52.3 Å². The van der Waals surface area contributed by atoms with Crippen LogP contribution < -0.4 is 4.90 Å². The second-order valence-electron chi connectivity index (χ2n) is 13.7. The molecule has 0 saturated carbocycles. The maximum atomic E-state index is 13.8. The summed E-state index contributed by atoms with van der Waals surface area (Å²) in [6.07, 6.45) is 10.3. The van der Waals surface area contributed by atoms with Crippen LogP contribution in [0.15, 0.2) is 89.4 Å². The van der Waals surface area contributed by atoms with Crippen molar-refractivity contribution in [1.29, 1.82) is 0 Å². The van der Waals surface area contributed by atoms with Crippen molar-refractivity contribution in [3.05, 3.63) is 105 Å². The zero-order chi connectivity index (χ0) is 32.8. The Balaban J connectivity index is 1.40. The molecular weight excluding hydrogens is 589 g/mol. The number of allylic oxidation sites excluding steroid dienone is 5. The maximum absolute atomic E-state index is 13.8. The van der Waals surface area contributed by atoms with Gasteiger partial charge in [-0.1, -0.05) is 71.2 Å². The molecule has 6 rings (SSSR count). The summed E-state index contributed by atoms with van der Waals surface area (Å²) in [6.45, 7) is 14.9. The van der Waals surface area contributed by atoms with E-state index in [-0.39, 0.29) is 17.0 Å². The molecule has 46 heavy (non-hydrogen) atoms. The number of aliphatic hydroxyl groups is 1. The number of aldehydes is 1. The Bertz CT molecular complexity index is 1850. The third-order valence-corrected chi connectivity index (χ3v) is 11.0. The van der Waals surface area contributed by atoms with Gasteiger partial charge in [-0.3, -0.25) is 9.59 Å². The summed E-state index contributed by atoms with van der Waals surface area (Å²) in [4.78, 5) is 29.3. The normalized spacial score (nSPS) is 19.7. The number of nitrogens with zero attached hydrogens (tertiary/aromatic N) is 2. The van der Waals surface area contributed by atoms with E-state index in [0.717, 1.165) is 66.2 Å². The molecule has 2 aromatic carbocycles. The first-order chi connectivity index (χ1) is 22.0. The second kappa shape index (κ2) is 12.3. The molecule has 1 aliphatic carbocycles. The highest BCUT2D eigenvalue weighted by Gasteiger charge is 2.47. The van der Waals surface area contributed by atoms with Crippen molar-refractivity contribution in [3.63, 3.8) is 0 Å². The summed E-state index contributed by atoms with van der Waals surface area (Å²) in [7, 11) is 0. The fourth-order valence-corrected chi connectivity index (χ4v) is 8.17. The van der Waals surface area contributed by atoms with Crippen molar-refractivity contribution in [2.24, 2.45) is 0 Å². The minimum absolute atomic E-state index is 0.0755. The molecule has 1 aromatic heterocycles. The standard InChI is InChI=1S/C40H44N2O3S/c1-7-9-10-13-21-42-33-18-16-26(34-19-17-27(25-43)46-34)22-31(33)40(5,6)36(42)24-29-37(44)28(38(29)45)23-35-39(3,4)30-14-11-12-15-32(30)41(35)20-8-2/h11-12,14-19,22-25H,7-10,13,20-21H2,1-6H3/p+1. The lowest BCUT2D eigenvalue weighted by Gasteiger charge is -2.29. The Morgan fingerprint density at radius 2 is 1.67 bits per heavy atom. The lowest BCUT2D eigenvalue weighted by molar-refractivity contribution is -0.437. The smallest absolute Gasteiger partial charge is 0.209 e. The summed E-state index contributed by atoms with van der Waals surface area (Å²) in [5.41, 5.74) is 7.98. The summed E-state index contributed by atoms with van der Waals surface area (Å²) >= 11 is 1.50. The molecule has 3 aromatic rings. The number of carbonyl (C=O) groups excluding carboxylic acids is 2. The van der Waals surface area contributed by atoms with Crippen LogP contribution in [0.1, 0.15) is 94.4 Å². The number of aliphatic hydroxyl groups excluding tert-OH is 1. The van der Waals surface area contributed by atoms with Gasteiger partial charge in [0.15, 0.2) is 12.0 Å². The molecule has 2 aliphatic heterocycles. The van der Waals surface area contributed by atoms with Crippen LogP contribution in [-0.4, -0.2) is 40.6 Å². The molecule has 0 amide bonds. The zero-order valence-electron chi connectivity index (χ0n) is 27.9. The predicted molar refractivity (Wildman–Crippen MR) is 190 cm³/mol. The molecule has 1 N–H and O–H groups in total. The Labute approximate surface area is 277 Å². The molecule has 3 aliphatic rings. The first-order valence-electron chi connectivity index (χ1n) is 16.7.